The Morgan fingerprint density at radius 3 is 2.60 bits per heavy atom. The minimum atomic E-state index is -0.403. The molecule has 2 atom stereocenters. The van der Waals surface area contributed by atoms with E-state index in [-0.39, 0.29) is 23.8 Å². The number of hydrazone groups is 1. The molecule has 1 unspecified atom stereocenters. The number of allylic oxidation sites excluding steroid dienone is 1. The average Bonchev–Trinajstić information content (AvgIpc) is 3.32. The van der Waals surface area contributed by atoms with Gasteiger partial charge < -0.3 is 15.0 Å². The minimum absolute atomic E-state index is 0.0880. The van der Waals surface area contributed by atoms with Gasteiger partial charge in [-0.05, 0) is 37.6 Å². The molecule has 0 bridgehead atoms. The highest BCUT2D eigenvalue weighted by molar-refractivity contribution is 8.06. The molecule has 1 saturated heterocycles. The van der Waals surface area contributed by atoms with Crippen molar-refractivity contribution in [2.45, 2.75) is 24.7 Å². The molecular formula is C20H24ClN5O3S. The smallest absolute Gasteiger partial charge is 0.414 e. The van der Waals surface area contributed by atoms with Crippen LogP contribution in [-0.2, 0) is 9.53 Å². The normalized spacial score (nSPS) is 24.0. The fourth-order valence-corrected chi connectivity index (χ4v) is 4.90. The highest BCUT2D eigenvalue weighted by Gasteiger charge is 2.33. The molecule has 2 amide bonds. The van der Waals surface area contributed by atoms with Gasteiger partial charge in [0.1, 0.15) is 11.9 Å². The van der Waals surface area contributed by atoms with Crippen molar-refractivity contribution >= 4 is 52.6 Å². The van der Waals surface area contributed by atoms with Crippen molar-refractivity contribution < 1.29 is 14.3 Å². The number of rotatable bonds is 5. The lowest BCUT2D eigenvalue weighted by Gasteiger charge is -2.32. The van der Waals surface area contributed by atoms with Gasteiger partial charge in [-0.3, -0.25) is 14.7 Å². The molecule has 1 aromatic carbocycles. The SMILES string of the molecule is CC1=NN(C)CCN1c1ccc(N2C[C@H](CNC(=O)C3CC=C(Cl)S3)OC2=O)cc1. The first kappa shape index (κ1) is 20.9. The number of carbonyl (C=O) groups is 2. The van der Waals surface area contributed by atoms with Gasteiger partial charge in [0.25, 0.3) is 0 Å². The highest BCUT2D eigenvalue weighted by Crippen LogP contribution is 2.34. The van der Waals surface area contributed by atoms with E-state index in [1.165, 1.54) is 11.8 Å². The molecule has 30 heavy (non-hydrogen) atoms. The summed E-state index contributed by atoms with van der Waals surface area (Å²) >= 11 is 7.26. The summed E-state index contributed by atoms with van der Waals surface area (Å²) in [6.07, 6.45) is 1.67. The van der Waals surface area contributed by atoms with E-state index < -0.39 is 6.09 Å². The Kier molecular flexibility index (Phi) is 6.10. The Labute approximate surface area is 184 Å². The largest absolute Gasteiger partial charge is 0.442 e. The monoisotopic (exact) mass is 449 g/mol. The number of ether oxygens (including phenoxy) is 1. The van der Waals surface area contributed by atoms with Crippen LogP contribution in [0.3, 0.4) is 0 Å². The zero-order valence-corrected chi connectivity index (χ0v) is 18.4. The summed E-state index contributed by atoms with van der Waals surface area (Å²) in [6, 6.07) is 7.78. The molecule has 160 valence electrons. The lowest BCUT2D eigenvalue weighted by Crippen LogP contribution is -2.41. The lowest BCUT2D eigenvalue weighted by molar-refractivity contribution is -0.120. The van der Waals surface area contributed by atoms with E-state index in [2.05, 4.69) is 15.3 Å². The van der Waals surface area contributed by atoms with Crippen molar-refractivity contribution in [2.24, 2.45) is 5.10 Å². The molecule has 10 heteroatoms. The molecule has 0 spiro atoms. The van der Waals surface area contributed by atoms with Gasteiger partial charge in [0.2, 0.25) is 5.91 Å². The molecule has 1 N–H and O–H groups in total. The van der Waals surface area contributed by atoms with Gasteiger partial charge in [-0.25, -0.2) is 4.79 Å². The topological polar surface area (TPSA) is 77.5 Å². The zero-order chi connectivity index (χ0) is 21.3. The number of hydrogen-bond donors (Lipinski definition) is 1. The van der Waals surface area contributed by atoms with Gasteiger partial charge in [0, 0.05) is 25.0 Å². The summed E-state index contributed by atoms with van der Waals surface area (Å²) < 4.78 is 6.08. The first-order valence-corrected chi connectivity index (χ1v) is 11.1. The third-order valence-electron chi connectivity index (χ3n) is 5.24. The number of benzene rings is 1. The predicted octanol–water partition coefficient (Wildman–Crippen LogP) is 2.80. The molecule has 0 aromatic heterocycles. The van der Waals surface area contributed by atoms with Crippen molar-refractivity contribution in [3.8, 4) is 0 Å². The zero-order valence-electron chi connectivity index (χ0n) is 16.9. The number of carbonyl (C=O) groups excluding carboxylic acids is 2. The van der Waals surface area contributed by atoms with Crippen LogP contribution in [0.15, 0.2) is 39.8 Å². The molecule has 4 rings (SSSR count). The number of nitrogens with one attached hydrogen (secondary N) is 1. The predicted molar refractivity (Wildman–Crippen MR) is 120 cm³/mol. The molecule has 0 aliphatic carbocycles. The van der Waals surface area contributed by atoms with Gasteiger partial charge in [-0.15, -0.1) is 11.8 Å². The maximum Gasteiger partial charge on any atom is 0.414 e. The van der Waals surface area contributed by atoms with Crippen molar-refractivity contribution in [1.29, 1.82) is 0 Å². The molecular weight excluding hydrogens is 426 g/mol. The summed E-state index contributed by atoms with van der Waals surface area (Å²) in [4.78, 5) is 28.3. The number of likely N-dealkylation sites (N-methyl/N-ethyl adjacent to an activating group) is 1. The van der Waals surface area contributed by atoms with Crippen LogP contribution in [0, 0.1) is 0 Å². The summed E-state index contributed by atoms with van der Waals surface area (Å²) in [5, 5.41) is 9.05. The van der Waals surface area contributed by atoms with Gasteiger partial charge >= 0.3 is 6.09 Å². The molecule has 3 aliphatic heterocycles. The van der Waals surface area contributed by atoms with Crippen molar-refractivity contribution in [1.82, 2.24) is 10.3 Å². The first-order chi connectivity index (χ1) is 14.4. The summed E-state index contributed by atoms with van der Waals surface area (Å²) in [7, 11) is 1.96. The van der Waals surface area contributed by atoms with Gasteiger partial charge in [0.15, 0.2) is 0 Å². The Bertz CT molecular complexity index is 891. The van der Waals surface area contributed by atoms with E-state index in [0.29, 0.717) is 17.3 Å². The van der Waals surface area contributed by atoms with Gasteiger partial charge in [0.05, 0.1) is 29.2 Å². The van der Waals surface area contributed by atoms with E-state index in [1.54, 1.807) is 4.90 Å². The number of nitrogens with zero attached hydrogens (tertiary/aromatic N) is 4. The van der Waals surface area contributed by atoms with Crippen LogP contribution in [0.5, 0.6) is 0 Å². The number of cyclic esters (lactones) is 1. The second-order valence-corrected chi connectivity index (χ2v) is 9.28. The van der Waals surface area contributed by atoms with Crippen LogP contribution in [-0.4, -0.2) is 67.4 Å². The Morgan fingerprint density at radius 2 is 1.97 bits per heavy atom. The van der Waals surface area contributed by atoms with Crippen LogP contribution < -0.4 is 15.1 Å². The molecule has 0 saturated carbocycles. The minimum Gasteiger partial charge on any atom is -0.442 e. The van der Waals surface area contributed by atoms with Crippen LogP contribution in [0.2, 0.25) is 0 Å². The van der Waals surface area contributed by atoms with Crippen molar-refractivity contribution in [3.05, 3.63) is 34.7 Å². The molecule has 3 heterocycles. The Balaban J connectivity index is 1.33. The first-order valence-electron chi connectivity index (χ1n) is 9.83. The second-order valence-electron chi connectivity index (χ2n) is 7.41. The average molecular weight is 450 g/mol. The standard InChI is InChI=1S/C20H24ClN5O3S/c1-13-23-24(2)9-10-25(13)14-3-5-15(6-4-14)26-12-16(29-20(26)28)11-22-19(27)17-7-8-18(21)30-17/h3-6,8,16-17H,7,9-12H2,1-2H3,(H,22,27)/t16-,17?/m0/s1. The van der Waals surface area contributed by atoms with E-state index in [9.17, 15) is 9.59 Å². The fourth-order valence-electron chi connectivity index (χ4n) is 3.65. The van der Waals surface area contributed by atoms with E-state index in [4.69, 9.17) is 16.3 Å². The molecule has 3 aliphatic rings. The quantitative estimate of drug-likeness (QED) is 0.744. The number of halogens is 1. The van der Waals surface area contributed by atoms with Crippen LogP contribution in [0.25, 0.3) is 0 Å². The number of amidine groups is 1. The number of thioether (sulfide) groups is 1. The number of anilines is 2. The van der Waals surface area contributed by atoms with Crippen LogP contribution in [0.1, 0.15) is 13.3 Å². The third kappa shape index (κ3) is 4.52. The molecule has 1 fully saturated rings. The maximum absolute atomic E-state index is 12.3. The fraction of sp³-hybridized carbons (Fsp3) is 0.450. The highest BCUT2D eigenvalue weighted by atomic mass is 35.5. The second kappa shape index (κ2) is 8.77. The summed E-state index contributed by atoms with van der Waals surface area (Å²) in [6.45, 7) is 4.37. The van der Waals surface area contributed by atoms with E-state index >= 15 is 0 Å². The van der Waals surface area contributed by atoms with Crippen molar-refractivity contribution in [3.63, 3.8) is 0 Å². The van der Waals surface area contributed by atoms with Crippen LogP contribution >= 0.6 is 23.4 Å². The molecule has 0 radical (unpaired) electrons. The van der Waals surface area contributed by atoms with Crippen molar-refractivity contribution in [2.75, 3.05) is 43.0 Å². The Hall–Kier alpha value is -2.39. The molecule has 8 nitrogen and oxygen atoms in total. The van der Waals surface area contributed by atoms with Gasteiger partial charge in [-0.2, -0.15) is 5.10 Å². The Morgan fingerprint density at radius 1 is 1.27 bits per heavy atom. The van der Waals surface area contributed by atoms with E-state index in [0.717, 1.165) is 30.3 Å². The van der Waals surface area contributed by atoms with E-state index in [1.807, 2.05) is 49.3 Å². The number of amides is 2. The maximum atomic E-state index is 12.3. The number of hydrogen-bond acceptors (Lipinski definition) is 7. The van der Waals surface area contributed by atoms with Gasteiger partial charge in [-0.1, -0.05) is 17.7 Å². The van der Waals surface area contributed by atoms with Crippen LogP contribution in [0.4, 0.5) is 16.2 Å². The summed E-state index contributed by atoms with van der Waals surface area (Å²) in [5.74, 6) is 0.847. The third-order valence-corrected chi connectivity index (χ3v) is 6.75. The lowest BCUT2D eigenvalue weighted by atomic mass is 10.2. The molecule has 1 aromatic rings. The summed E-state index contributed by atoms with van der Waals surface area (Å²) in [5.41, 5.74) is 1.80.